The van der Waals surface area contributed by atoms with E-state index in [0.29, 0.717) is 12.6 Å². The van der Waals surface area contributed by atoms with Crippen LogP contribution in [0.15, 0.2) is 30.3 Å². The van der Waals surface area contributed by atoms with Crippen molar-refractivity contribution in [1.82, 2.24) is 30.2 Å². The Balaban J connectivity index is 1.12. The van der Waals surface area contributed by atoms with E-state index in [1.165, 1.54) is 0 Å². The number of esters is 1. The number of carbonyl (C=O) groups excluding carboxylic acids is 2. The normalized spacial score (nSPS) is 33.3. The number of rotatable bonds is 5. The maximum Gasteiger partial charge on any atom is 0.410 e. The first-order chi connectivity index (χ1) is 19.7. The van der Waals surface area contributed by atoms with E-state index >= 15 is 0 Å². The molecule has 226 valence electrons. The molecule has 5 heterocycles. The zero-order valence-corrected chi connectivity index (χ0v) is 25.0. The largest absolute Gasteiger partial charge is 0.459 e. The molecule has 1 aromatic carbocycles. The lowest BCUT2D eigenvalue weighted by Crippen LogP contribution is -2.75. The monoisotopic (exact) mass is 568 g/mol. The Morgan fingerprint density at radius 3 is 2.49 bits per heavy atom. The van der Waals surface area contributed by atoms with Crippen molar-refractivity contribution >= 4 is 12.1 Å². The van der Waals surface area contributed by atoms with Crippen LogP contribution in [0.25, 0.3) is 0 Å². The van der Waals surface area contributed by atoms with Gasteiger partial charge < -0.3 is 25.0 Å². The van der Waals surface area contributed by atoms with Crippen LogP contribution in [-0.4, -0.2) is 126 Å². The Morgan fingerprint density at radius 2 is 1.73 bits per heavy atom. The van der Waals surface area contributed by atoms with E-state index in [1.54, 1.807) is 0 Å². The predicted octanol–water partition coefficient (Wildman–Crippen LogP) is 1.71. The molecule has 0 aromatic heterocycles. The number of likely N-dealkylation sites (tertiary alicyclic amines) is 1. The van der Waals surface area contributed by atoms with Gasteiger partial charge in [0.05, 0.1) is 11.7 Å². The van der Waals surface area contributed by atoms with Gasteiger partial charge in [-0.2, -0.15) is 0 Å². The summed E-state index contributed by atoms with van der Waals surface area (Å²) in [6.45, 7) is 15.2. The first-order valence-corrected chi connectivity index (χ1v) is 15.6. The van der Waals surface area contributed by atoms with Crippen LogP contribution in [0.3, 0.4) is 0 Å². The number of hydrogen-bond acceptors (Lipinski definition) is 9. The first kappa shape index (κ1) is 28.9. The first-order valence-electron chi connectivity index (χ1n) is 15.6. The summed E-state index contributed by atoms with van der Waals surface area (Å²) in [4.78, 5) is 35.9. The molecule has 5 saturated heterocycles. The number of piperazine rings is 2. The minimum atomic E-state index is -0.481. The number of ether oxygens (including phenoxy) is 2. The third-order valence-electron chi connectivity index (χ3n) is 9.86. The molecular weight excluding hydrogens is 520 g/mol. The van der Waals surface area contributed by atoms with Gasteiger partial charge in [0.25, 0.3) is 0 Å². The molecule has 5 fully saturated rings. The van der Waals surface area contributed by atoms with Crippen molar-refractivity contribution in [2.24, 2.45) is 5.92 Å². The van der Waals surface area contributed by atoms with Crippen molar-refractivity contribution in [3.8, 4) is 0 Å². The molecule has 0 aliphatic carbocycles. The van der Waals surface area contributed by atoms with Crippen LogP contribution >= 0.6 is 0 Å². The smallest absolute Gasteiger partial charge is 0.410 e. The second kappa shape index (κ2) is 11.8. The third kappa shape index (κ3) is 5.86. The summed E-state index contributed by atoms with van der Waals surface area (Å²) >= 11 is 0. The molecule has 5 aliphatic rings. The van der Waals surface area contributed by atoms with Gasteiger partial charge in [0.1, 0.15) is 18.2 Å². The molecule has 5 unspecified atom stereocenters. The molecule has 6 rings (SSSR count). The van der Waals surface area contributed by atoms with E-state index in [1.807, 2.05) is 56.0 Å². The molecule has 0 radical (unpaired) electrons. The highest BCUT2D eigenvalue weighted by atomic mass is 16.6. The van der Waals surface area contributed by atoms with Crippen LogP contribution in [0.4, 0.5) is 4.79 Å². The Labute approximate surface area is 244 Å². The second-order valence-electron chi connectivity index (χ2n) is 13.5. The van der Waals surface area contributed by atoms with Crippen LogP contribution in [0.5, 0.6) is 0 Å². The third-order valence-corrected chi connectivity index (χ3v) is 9.86. The van der Waals surface area contributed by atoms with Crippen LogP contribution in [0.2, 0.25) is 0 Å². The molecule has 5 aliphatic heterocycles. The summed E-state index contributed by atoms with van der Waals surface area (Å²) in [6, 6.07) is 10.1. The SMILES string of the molecule is CC(C)(C)OC(=O)C1C2CCN1CC21CNCCN1C1CNCCN1C1CCN(C(=O)OCc2ccccc2)CC1. The van der Waals surface area contributed by atoms with E-state index in [2.05, 4.69) is 25.3 Å². The predicted molar refractivity (Wildman–Crippen MR) is 156 cm³/mol. The fourth-order valence-electron chi connectivity index (χ4n) is 8.12. The number of fused-ring (bicyclic) bond motifs is 3. The topological polar surface area (TPSA) is 89.6 Å². The van der Waals surface area contributed by atoms with Gasteiger partial charge >= 0.3 is 12.1 Å². The lowest BCUT2D eigenvalue weighted by atomic mass is 9.77. The lowest BCUT2D eigenvalue weighted by molar-refractivity contribution is -0.160. The van der Waals surface area contributed by atoms with Gasteiger partial charge in [-0.15, -0.1) is 0 Å². The Kier molecular flexibility index (Phi) is 8.31. The van der Waals surface area contributed by atoms with Crippen LogP contribution in [0.1, 0.15) is 45.6 Å². The fraction of sp³-hybridized carbons (Fsp3) is 0.742. The number of hydrogen-bond donors (Lipinski definition) is 2. The summed E-state index contributed by atoms with van der Waals surface area (Å²) in [5, 5.41) is 7.38. The van der Waals surface area contributed by atoms with E-state index in [0.717, 1.165) is 90.3 Å². The van der Waals surface area contributed by atoms with Gasteiger partial charge in [-0.25, -0.2) is 4.79 Å². The van der Waals surface area contributed by atoms with E-state index < -0.39 is 5.60 Å². The van der Waals surface area contributed by atoms with Crippen molar-refractivity contribution in [2.45, 2.75) is 76.0 Å². The van der Waals surface area contributed by atoms with Crippen molar-refractivity contribution in [3.05, 3.63) is 35.9 Å². The van der Waals surface area contributed by atoms with E-state index in [4.69, 9.17) is 9.47 Å². The molecule has 10 heteroatoms. The van der Waals surface area contributed by atoms with Crippen molar-refractivity contribution < 1.29 is 19.1 Å². The fourth-order valence-corrected chi connectivity index (χ4v) is 8.12. The highest BCUT2D eigenvalue weighted by Crippen LogP contribution is 2.47. The number of nitrogens with zero attached hydrogens (tertiary/aromatic N) is 4. The average molecular weight is 569 g/mol. The molecule has 2 N–H and O–H groups in total. The molecular formula is C31H48N6O4. The number of piperidine rings is 2. The molecule has 5 atom stereocenters. The van der Waals surface area contributed by atoms with Crippen LogP contribution in [0, 0.1) is 5.92 Å². The number of benzene rings is 1. The molecule has 1 spiro atoms. The summed E-state index contributed by atoms with van der Waals surface area (Å²) in [5.74, 6) is 0.197. The van der Waals surface area contributed by atoms with Gasteiger partial charge in [0.15, 0.2) is 0 Å². The maximum absolute atomic E-state index is 13.4. The zero-order chi connectivity index (χ0) is 28.6. The molecule has 2 bridgehead atoms. The van der Waals surface area contributed by atoms with Gasteiger partial charge in [0.2, 0.25) is 0 Å². The standard InChI is InChI=1S/C31H48N6O4/c1-30(2,3)41-28(38)27-25-11-16-35(27)22-31(25)21-33-13-18-37(31)26-19-32-12-17-36(26)24-9-14-34(15-10-24)29(39)40-20-23-7-5-4-6-8-23/h4-8,24-27,32-33H,9-22H2,1-3H3. The van der Waals surface area contributed by atoms with Crippen molar-refractivity contribution in [2.75, 3.05) is 65.4 Å². The number of nitrogens with one attached hydrogen (secondary N) is 2. The average Bonchev–Trinajstić information content (AvgIpc) is 3.52. The van der Waals surface area contributed by atoms with Gasteiger partial charge in [-0.1, -0.05) is 30.3 Å². The summed E-state index contributed by atoms with van der Waals surface area (Å²) in [6.07, 6.45) is 2.99. The number of amides is 1. The summed E-state index contributed by atoms with van der Waals surface area (Å²) in [5.41, 5.74) is 0.447. The Bertz CT molecular complexity index is 1070. The van der Waals surface area contributed by atoms with E-state index in [-0.39, 0.29) is 35.7 Å². The van der Waals surface area contributed by atoms with Gasteiger partial charge in [-0.05, 0) is 52.1 Å². The van der Waals surface area contributed by atoms with Crippen LogP contribution in [-0.2, 0) is 20.9 Å². The molecule has 10 nitrogen and oxygen atoms in total. The van der Waals surface area contributed by atoms with Crippen LogP contribution < -0.4 is 10.6 Å². The minimum Gasteiger partial charge on any atom is -0.459 e. The van der Waals surface area contributed by atoms with Gasteiger partial charge in [0, 0.05) is 70.9 Å². The summed E-state index contributed by atoms with van der Waals surface area (Å²) in [7, 11) is 0. The highest BCUT2D eigenvalue weighted by Gasteiger charge is 2.63. The zero-order valence-electron chi connectivity index (χ0n) is 25.0. The second-order valence-corrected chi connectivity index (χ2v) is 13.5. The maximum atomic E-state index is 13.4. The summed E-state index contributed by atoms with van der Waals surface area (Å²) < 4.78 is 11.5. The molecule has 1 aromatic rings. The molecule has 1 amide bonds. The van der Waals surface area contributed by atoms with Crippen molar-refractivity contribution in [3.63, 3.8) is 0 Å². The molecule has 41 heavy (non-hydrogen) atoms. The highest BCUT2D eigenvalue weighted by molar-refractivity contribution is 5.78. The number of carbonyl (C=O) groups is 2. The lowest BCUT2D eigenvalue weighted by Gasteiger charge is -2.57. The molecule has 0 saturated carbocycles. The quantitative estimate of drug-likeness (QED) is 0.516. The van der Waals surface area contributed by atoms with E-state index in [9.17, 15) is 9.59 Å². The Morgan fingerprint density at radius 1 is 0.976 bits per heavy atom. The van der Waals surface area contributed by atoms with Gasteiger partial charge in [-0.3, -0.25) is 19.5 Å². The Hall–Kier alpha value is -2.24. The minimum absolute atomic E-state index is 0.0625. The van der Waals surface area contributed by atoms with Crippen molar-refractivity contribution in [1.29, 1.82) is 0 Å².